The number of nitrogens with zero attached hydrogens (tertiary/aromatic N) is 2. The van der Waals surface area contributed by atoms with Gasteiger partial charge in [-0.15, -0.1) is 0 Å². The van der Waals surface area contributed by atoms with Crippen molar-refractivity contribution in [3.05, 3.63) is 29.3 Å². The molecular weight excluding hydrogens is 238 g/mol. The van der Waals surface area contributed by atoms with Gasteiger partial charge in [0.25, 0.3) is 0 Å². The van der Waals surface area contributed by atoms with Gasteiger partial charge >= 0.3 is 0 Å². The Bertz CT molecular complexity index is 467. The van der Waals surface area contributed by atoms with E-state index in [1.54, 1.807) is 0 Å². The number of benzene rings is 1. The van der Waals surface area contributed by atoms with E-state index < -0.39 is 0 Å². The molecule has 0 radical (unpaired) electrons. The van der Waals surface area contributed by atoms with E-state index in [1.807, 2.05) is 25.1 Å². The van der Waals surface area contributed by atoms with Crippen LogP contribution in [0.4, 0.5) is 5.69 Å². The largest absolute Gasteiger partial charge is 0.382 e. The fraction of sp³-hybridized carbons (Fsp3) is 0.533. The minimum absolute atomic E-state index is 0.240. The first-order valence-corrected chi connectivity index (χ1v) is 6.81. The van der Waals surface area contributed by atoms with Crippen LogP contribution in [-0.2, 0) is 4.74 Å². The van der Waals surface area contributed by atoms with Crippen molar-refractivity contribution in [3.63, 3.8) is 0 Å². The van der Waals surface area contributed by atoms with Gasteiger partial charge in [-0.1, -0.05) is 6.92 Å². The van der Waals surface area contributed by atoms with E-state index in [0.29, 0.717) is 0 Å². The fourth-order valence-electron chi connectivity index (χ4n) is 2.32. The molecule has 4 heteroatoms. The number of likely N-dealkylation sites (N-methyl/N-ethyl adjacent to an activating group) is 1. The topological polar surface area (TPSA) is 48.3 Å². The van der Waals surface area contributed by atoms with Crippen molar-refractivity contribution >= 4 is 5.69 Å². The number of nitriles is 1. The summed E-state index contributed by atoms with van der Waals surface area (Å²) in [6, 6.07) is 8.00. The van der Waals surface area contributed by atoms with Crippen molar-refractivity contribution in [1.29, 1.82) is 5.26 Å². The van der Waals surface area contributed by atoms with Crippen molar-refractivity contribution in [2.75, 3.05) is 38.1 Å². The number of morpholine rings is 1. The molecule has 1 heterocycles. The second kappa shape index (κ2) is 6.55. The molecule has 4 nitrogen and oxygen atoms in total. The average Bonchev–Trinajstić information content (AvgIpc) is 2.45. The van der Waals surface area contributed by atoms with E-state index in [9.17, 15) is 0 Å². The van der Waals surface area contributed by atoms with Crippen LogP contribution < -0.4 is 5.32 Å². The first-order chi connectivity index (χ1) is 9.22. The standard InChI is InChI=1S/C15H21N3O/c1-3-18-6-7-19-15(11-18)10-17-14-5-4-13(9-16)12(2)8-14/h4-5,8,15,17H,3,6-7,10-11H2,1-2H3. The van der Waals surface area contributed by atoms with E-state index in [-0.39, 0.29) is 6.10 Å². The normalized spacial score (nSPS) is 19.9. The molecule has 0 spiro atoms. The van der Waals surface area contributed by atoms with E-state index in [1.165, 1.54) is 0 Å². The molecular formula is C15H21N3O. The summed E-state index contributed by atoms with van der Waals surface area (Å²) in [7, 11) is 0. The highest BCUT2D eigenvalue weighted by atomic mass is 16.5. The third-order valence-corrected chi connectivity index (χ3v) is 3.55. The molecule has 102 valence electrons. The Morgan fingerprint density at radius 3 is 3.05 bits per heavy atom. The third-order valence-electron chi connectivity index (χ3n) is 3.55. The molecule has 0 bridgehead atoms. The number of rotatable bonds is 4. The predicted octanol–water partition coefficient (Wildman–Crippen LogP) is 2.00. The summed E-state index contributed by atoms with van der Waals surface area (Å²) in [5, 5.41) is 12.3. The summed E-state index contributed by atoms with van der Waals surface area (Å²) in [4.78, 5) is 2.40. The van der Waals surface area contributed by atoms with Gasteiger partial charge in [0.1, 0.15) is 0 Å². The molecule has 19 heavy (non-hydrogen) atoms. The predicted molar refractivity (Wildman–Crippen MR) is 76.2 cm³/mol. The monoisotopic (exact) mass is 259 g/mol. The fourth-order valence-corrected chi connectivity index (χ4v) is 2.32. The molecule has 0 aromatic heterocycles. The summed E-state index contributed by atoms with van der Waals surface area (Å²) in [6.07, 6.45) is 0.240. The maximum atomic E-state index is 8.90. The van der Waals surface area contributed by atoms with Crippen LogP contribution in [0.5, 0.6) is 0 Å². The molecule has 0 aliphatic carbocycles. The number of hydrogen-bond acceptors (Lipinski definition) is 4. The van der Waals surface area contributed by atoms with Gasteiger partial charge in [-0.05, 0) is 37.2 Å². The smallest absolute Gasteiger partial charge is 0.0994 e. The van der Waals surface area contributed by atoms with E-state index in [2.05, 4.69) is 23.2 Å². The second-order valence-corrected chi connectivity index (χ2v) is 4.91. The van der Waals surface area contributed by atoms with Crippen LogP contribution >= 0.6 is 0 Å². The summed E-state index contributed by atoms with van der Waals surface area (Å²) in [5.74, 6) is 0. The maximum absolute atomic E-state index is 8.90. The Morgan fingerprint density at radius 1 is 1.53 bits per heavy atom. The first kappa shape index (κ1) is 13.9. The number of aryl methyl sites for hydroxylation is 1. The van der Waals surface area contributed by atoms with Crippen molar-refractivity contribution in [2.24, 2.45) is 0 Å². The van der Waals surface area contributed by atoms with Crippen LogP contribution in [0, 0.1) is 18.3 Å². The van der Waals surface area contributed by atoms with Gasteiger partial charge in [0.2, 0.25) is 0 Å². The molecule has 1 unspecified atom stereocenters. The summed E-state index contributed by atoms with van der Waals surface area (Å²) in [5.41, 5.74) is 2.79. The zero-order valence-corrected chi connectivity index (χ0v) is 11.6. The summed E-state index contributed by atoms with van der Waals surface area (Å²) in [6.45, 7) is 8.85. The number of ether oxygens (including phenoxy) is 1. The Labute approximate surface area is 115 Å². The highest BCUT2D eigenvalue weighted by molar-refractivity contribution is 5.51. The molecule has 1 atom stereocenters. The highest BCUT2D eigenvalue weighted by Gasteiger charge is 2.18. The first-order valence-electron chi connectivity index (χ1n) is 6.81. The second-order valence-electron chi connectivity index (χ2n) is 4.91. The van der Waals surface area contributed by atoms with E-state index in [4.69, 9.17) is 10.00 Å². The quantitative estimate of drug-likeness (QED) is 0.898. The minimum Gasteiger partial charge on any atom is -0.382 e. The SMILES string of the molecule is CCN1CCOC(CNc2ccc(C#N)c(C)c2)C1. The molecule has 1 N–H and O–H groups in total. The zero-order chi connectivity index (χ0) is 13.7. The third kappa shape index (κ3) is 3.69. The lowest BCUT2D eigenvalue weighted by Gasteiger charge is -2.32. The molecule has 1 fully saturated rings. The van der Waals surface area contributed by atoms with Crippen LogP contribution in [0.1, 0.15) is 18.1 Å². The molecule has 2 rings (SSSR count). The van der Waals surface area contributed by atoms with E-state index >= 15 is 0 Å². The van der Waals surface area contributed by atoms with Crippen molar-refractivity contribution in [2.45, 2.75) is 20.0 Å². The van der Waals surface area contributed by atoms with Crippen LogP contribution in [0.3, 0.4) is 0 Å². The summed E-state index contributed by atoms with van der Waals surface area (Å²) >= 11 is 0. The Hall–Kier alpha value is -1.57. The Balaban J connectivity index is 1.88. The van der Waals surface area contributed by atoms with Crippen LogP contribution in [0.2, 0.25) is 0 Å². The van der Waals surface area contributed by atoms with Crippen LogP contribution in [0.25, 0.3) is 0 Å². The minimum atomic E-state index is 0.240. The number of nitrogens with one attached hydrogen (secondary N) is 1. The van der Waals surface area contributed by atoms with Gasteiger partial charge in [-0.25, -0.2) is 0 Å². The number of anilines is 1. The van der Waals surface area contributed by atoms with Crippen molar-refractivity contribution in [1.82, 2.24) is 4.90 Å². The average molecular weight is 259 g/mol. The summed E-state index contributed by atoms with van der Waals surface area (Å²) < 4.78 is 5.75. The van der Waals surface area contributed by atoms with Gasteiger partial charge in [-0.3, -0.25) is 4.90 Å². The van der Waals surface area contributed by atoms with Crippen molar-refractivity contribution < 1.29 is 4.74 Å². The van der Waals surface area contributed by atoms with Gasteiger partial charge in [0, 0.05) is 25.3 Å². The molecule has 1 aliphatic heterocycles. The molecule has 1 aliphatic rings. The Morgan fingerprint density at radius 2 is 2.37 bits per heavy atom. The maximum Gasteiger partial charge on any atom is 0.0994 e. The van der Waals surface area contributed by atoms with Gasteiger partial charge in [0.15, 0.2) is 0 Å². The van der Waals surface area contributed by atoms with Crippen LogP contribution in [-0.4, -0.2) is 43.8 Å². The van der Waals surface area contributed by atoms with Crippen LogP contribution in [0.15, 0.2) is 18.2 Å². The molecule has 1 saturated heterocycles. The number of hydrogen-bond donors (Lipinski definition) is 1. The van der Waals surface area contributed by atoms with Gasteiger partial charge in [-0.2, -0.15) is 5.26 Å². The van der Waals surface area contributed by atoms with Crippen molar-refractivity contribution in [3.8, 4) is 6.07 Å². The lowest BCUT2D eigenvalue weighted by Crippen LogP contribution is -2.45. The lowest BCUT2D eigenvalue weighted by molar-refractivity contribution is -0.0191. The molecule has 0 amide bonds. The molecule has 1 aromatic carbocycles. The highest BCUT2D eigenvalue weighted by Crippen LogP contribution is 2.15. The molecule has 0 saturated carbocycles. The lowest BCUT2D eigenvalue weighted by atomic mass is 10.1. The Kier molecular flexibility index (Phi) is 4.78. The van der Waals surface area contributed by atoms with E-state index in [0.717, 1.165) is 49.6 Å². The molecule has 1 aromatic rings. The zero-order valence-electron chi connectivity index (χ0n) is 11.6. The van der Waals surface area contributed by atoms with Gasteiger partial charge in [0.05, 0.1) is 24.3 Å². The van der Waals surface area contributed by atoms with Gasteiger partial charge < -0.3 is 10.1 Å².